The third-order valence-electron chi connectivity index (χ3n) is 3.95. The summed E-state index contributed by atoms with van der Waals surface area (Å²) in [6.07, 6.45) is -1.12. The predicted octanol–water partition coefficient (Wildman–Crippen LogP) is 0.875. The molecule has 0 saturated heterocycles. The number of carboxylic acid groups (broad SMARTS) is 2. The Morgan fingerprint density at radius 1 is 0.846 bits per heavy atom. The van der Waals surface area contributed by atoms with Gasteiger partial charge in [0, 0.05) is 5.41 Å². The SMILES string of the molecule is CC(=O)CC(=O)OCC(C)(CC(C(C)=O)C(=O)O)CC(C(C)=O)C(=O)O. The summed E-state index contributed by atoms with van der Waals surface area (Å²) >= 11 is 0. The third-order valence-corrected chi connectivity index (χ3v) is 3.95. The van der Waals surface area contributed by atoms with Crippen LogP contribution in [0.15, 0.2) is 0 Å². The van der Waals surface area contributed by atoms with Crippen molar-refractivity contribution >= 4 is 35.3 Å². The molecule has 0 amide bonds. The molecule has 0 radical (unpaired) electrons. The van der Waals surface area contributed by atoms with Crippen molar-refractivity contribution in [3.05, 3.63) is 0 Å². The van der Waals surface area contributed by atoms with Crippen molar-refractivity contribution in [2.24, 2.45) is 17.3 Å². The number of Topliss-reactive ketones (excluding diaryl/α,β-unsaturated/α-hetero) is 3. The molecule has 0 fully saturated rings. The fourth-order valence-corrected chi connectivity index (χ4v) is 2.51. The first-order valence-electron chi connectivity index (χ1n) is 7.90. The molecular formula is C17H24O9. The van der Waals surface area contributed by atoms with Crippen molar-refractivity contribution in [1.29, 1.82) is 0 Å². The van der Waals surface area contributed by atoms with Gasteiger partial charge in [-0.05, 0) is 33.6 Å². The number of hydrogen-bond donors (Lipinski definition) is 2. The largest absolute Gasteiger partial charge is 0.481 e. The highest BCUT2D eigenvalue weighted by atomic mass is 16.5. The molecule has 2 N–H and O–H groups in total. The summed E-state index contributed by atoms with van der Waals surface area (Å²) in [5.74, 6) is -8.24. The van der Waals surface area contributed by atoms with Crippen molar-refractivity contribution in [3.8, 4) is 0 Å². The van der Waals surface area contributed by atoms with E-state index in [1.165, 1.54) is 13.8 Å². The third kappa shape index (κ3) is 8.00. The van der Waals surface area contributed by atoms with Gasteiger partial charge in [-0.2, -0.15) is 0 Å². The fraction of sp³-hybridized carbons (Fsp3) is 0.647. The number of hydrogen-bond acceptors (Lipinski definition) is 7. The second-order valence-corrected chi connectivity index (χ2v) is 6.76. The van der Waals surface area contributed by atoms with Crippen LogP contribution < -0.4 is 0 Å². The lowest BCUT2D eigenvalue weighted by Gasteiger charge is -2.32. The maximum Gasteiger partial charge on any atom is 0.314 e. The molecule has 0 aromatic rings. The number of carbonyl (C=O) groups is 6. The number of carboxylic acids is 2. The van der Waals surface area contributed by atoms with E-state index in [9.17, 15) is 39.0 Å². The van der Waals surface area contributed by atoms with Gasteiger partial charge in [0.15, 0.2) is 0 Å². The first-order valence-corrected chi connectivity index (χ1v) is 7.90. The van der Waals surface area contributed by atoms with Gasteiger partial charge in [-0.15, -0.1) is 0 Å². The molecule has 0 aliphatic heterocycles. The molecule has 0 heterocycles. The summed E-state index contributed by atoms with van der Waals surface area (Å²) in [6, 6.07) is 0. The number of esters is 1. The Hall–Kier alpha value is -2.58. The minimum atomic E-state index is -1.44. The molecule has 146 valence electrons. The Labute approximate surface area is 150 Å². The summed E-state index contributed by atoms with van der Waals surface area (Å²) in [6.45, 7) is 4.37. The Morgan fingerprint density at radius 3 is 1.50 bits per heavy atom. The van der Waals surface area contributed by atoms with Crippen LogP contribution in [0.4, 0.5) is 0 Å². The highest BCUT2D eigenvalue weighted by molar-refractivity contribution is 5.98. The molecule has 9 heteroatoms. The minimum Gasteiger partial charge on any atom is -0.481 e. The van der Waals surface area contributed by atoms with E-state index < -0.39 is 65.5 Å². The van der Waals surface area contributed by atoms with E-state index in [1.54, 1.807) is 0 Å². The van der Waals surface area contributed by atoms with Gasteiger partial charge < -0.3 is 14.9 Å². The standard InChI is InChI=1S/C17H24O9/c1-9(18)5-14(21)26-8-17(4,6-12(10(2)19)15(22)23)7-13(11(3)20)16(24)25/h12-13H,5-8H2,1-4H3,(H,22,23)(H,24,25). The van der Waals surface area contributed by atoms with Crippen LogP contribution in [0.3, 0.4) is 0 Å². The van der Waals surface area contributed by atoms with Crippen molar-refractivity contribution in [1.82, 2.24) is 0 Å². The van der Waals surface area contributed by atoms with Crippen LogP contribution in [-0.4, -0.2) is 52.1 Å². The summed E-state index contributed by atoms with van der Waals surface area (Å²) in [7, 11) is 0. The highest BCUT2D eigenvalue weighted by Gasteiger charge is 2.40. The monoisotopic (exact) mass is 372 g/mol. The predicted molar refractivity (Wildman–Crippen MR) is 87.2 cm³/mol. The Bertz CT molecular complexity index is 543. The maximum absolute atomic E-state index is 11.6. The molecule has 0 bridgehead atoms. The van der Waals surface area contributed by atoms with Crippen LogP contribution in [0, 0.1) is 17.3 Å². The van der Waals surface area contributed by atoms with Crippen LogP contribution in [0.1, 0.15) is 47.0 Å². The van der Waals surface area contributed by atoms with Gasteiger partial charge in [-0.25, -0.2) is 0 Å². The summed E-state index contributed by atoms with van der Waals surface area (Å²) in [5.41, 5.74) is -1.27. The normalized spacial score (nSPS) is 15.2. The van der Waals surface area contributed by atoms with Gasteiger partial charge in [-0.1, -0.05) is 6.92 Å². The van der Waals surface area contributed by atoms with Crippen LogP contribution in [0.5, 0.6) is 0 Å². The van der Waals surface area contributed by atoms with Gasteiger partial charge in [-0.3, -0.25) is 28.8 Å². The van der Waals surface area contributed by atoms with Crippen molar-refractivity contribution < 1.29 is 43.7 Å². The molecule has 2 atom stereocenters. The van der Waals surface area contributed by atoms with Gasteiger partial charge >= 0.3 is 17.9 Å². The summed E-state index contributed by atoms with van der Waals surface area (Å²) in [4.78, 5) is 68.3. The van der Waals surface area contributed by atoms with E-state index >= 15 is 0 Å². The minimum absolute atomic E-state index is 0.317. The molecule has 0 saturated carbocycles. The van der Waals surface area contributed by atoms with Crippen molar-refractivity contribution in [3.63, 3.8) is 0 Å². The highest BCUT2D eigenvalue weighted by Crippen LogP contribution is 2.35. The Kier molecular flexibility index (Phi) is 8.82. The van der Waals surface area contributed by atoms with Gasteiger partial charge in [0.1, 0.15) is 35.6 Å². The molecular weight excluding hydrogens is 348 g/mol. The Balaban J connectivity index is 5.54. The summed E-state index contributed by atoms with van der Waals surface area (Å²) < 4.78 is 4.97. The molecule has 0 aromatic heterocycles. The van der Waals surface area contributed by atoms with Gasteiger partial charge in [0.05, 0.1) is 6.61 Å². The van der Waals surface area contributed by atoms with E-state index in [1.807, 2.05) is 0 Å². The lowest BCUT2D eigenvalue weighted by molar-refractivity contribution is -0.152. The van der Waals surface area contributed by atoms with E-state index in [-0.39, 0.29) is 12.8 Å². The van der Waals surface area contributed by atoms with Gasteiger partial charge in [0.25, 0.3) is 0 Å². The molecule has 26 heavy (non-hydrogen) atoms. The molecule has 0 spiro atoms. The lowest BCUT2D eigenvalue weighted by Crippen LogP contribution is -2.38. The fourth-order valence-electron chi connectivity index (χ4n) is 2.51. The molecule has 0 aromatic carbocycles. The van der Waals surface area contributed by atoms with E-state index in [0.29, 0.717) is 0 Å². The van der Waals surface area contributed by atoms with E-state index in [0.717, 1.165) is 13.8 Å². The van der Waals surface area contributed by atoms with Gasteiger partial charge in [0.2, 0.25) is 0 Å². The number of rotatable bonds is 12. The quantitative estimate of drug-likeness (QED) is 0.375. The first kappa shape index (κ1) is 23.4. The Morgan fingerprint density at radius 2 is 1.23 bits per heavy atom. The zero-order valence-corrected chi connectivity index (χ0v) is 15.2. The summed E-state index contributed by atoms with van der Waals surface area (Å²) in [5, 5.41) is 18.4. The average Bonchev–Trinajstić information content (AvgIpc) is 2.47. The van der Waals surface area contributed by atoms with E-state index in [4.69, 9.17) is 4.74 Å². The number of aliphatic carboxylic acids is 2. The second-order valence-electron chi connectivity index (χ2n) is 6.76. The first-order chi connectivity index (χ1) is 11.8. The van der Waals surface area contributed by atoms with Crippen LogP contribution >= 0.6 is 0 Å². The van der Waals surface area contributed by atoms with Crippen molar-refractivity contribution in [2.75, 3.05) is 6.61 Å². The van der Waals surface area contributed by atoms with E-state index in [2.05, 4.69) is 0 Å². The topological polar surface area (TPSA) is 152 Å². The number of carbonyl (C=O) groups excluding carboxylic acids is 4. The van der Waals surface area contributed by atoms with Crippen LogP contribution in [-0.2, 0) is 33.5 Å². The zero-order valence-electron chi connectivity index (χ0n) is 15.2. The molecule has 0 aliphatic carbocycles. The maximum atomic E-state index is 11.6. The van der Waals surface area contributed by atoms with Crippen molar-refractivity contribution in [2.45, 2.75) is 47.0 Å². The van der Waals surface area contributed by atoms with Crippen LogP contribution in [0.25, 0.3) is 0 Å². The lowest BCUT2D eigenvalue weighted by atomic mass is 9.73. The molecule has 0 rings (SSSR count). The number of ketones is 3. The molecule has 9 nitrogen and oxygen atoms in total. The molecule has 0 aliphatic rings. The second kappa shape index (κ2) is 9.79. The average molecular weight is 372 g/mol. The number of ether oxygens (including phenoxy) is 1. The smallest absolute Gasteiger partial charge is 0.314 e. The zero-order chi connectivity index (χ0) is 20.7. The molecule has 2 unspecified atom stereocenters. The van der Waals surface area contributed by atoms with Crippen LogP contribution in [0.2, 0.25) is 0 Å².